The van der Waals surface area contributed by atoms with E-state index in [4.69, 9.17) is 0 Å². The fourth-order valence-electron chi connectivity index (χ4n) is 2.23. The van der Waals surface area contributed by atoms with Crippen LogP contribution in [0.5, 0.6) is 0 Å². The first-order chi connectivity index (χ1) is 8.72. The quantitative estimate of drug-likeness (QED) is 0.816. The molecule has 0 spiro atoms. The first kappa shape index (κ1) is 12.6. The molecule has 2 aromatic carbocycles. The minimum atomic E-state index is -0.0292. The fraction of sp³-hybridized carbons (Fsp3) is 0.312. The molecule has 0 aromatic heterocycles. The molecule has 0 aliphatic heterocycles. The molecular formula is C16H18N2. The second-order valence-electron chi connectivity index (χ2n) is 4.84. The van der Waals surface area contributed by atoms with Gasteiger partial charge in [-0.1, -0.05) is 42.5 Å². The molecule has 0 radical (unpaired) electrons. The Labute approximate surface area is 108 Å². The average Bonchev–Trinajstić information content (AvgIpc) is 2.39. The largest absolute Gasteiger partial charge is 0.309 e. The minimum Gasteiger partial charge on any atom is -0.309 e. The highest BCUT2D eigenvalue weighted by Crippen LogP contribution is 2.27. The molecule has 0 bridgehead atoms. The van der Waals surface area contributed by atoms with Crippen LogP contribution in [0.25, 0.3) is 10.8 Å². The van der Waals surface area contributed by atoms with Gasteiger partial charge < -0.3 is 4.90 Å². The molecule has 0 unspecified atom stereocenters. The summed E-state index contributed by atoms with van der Waals surface area (Å²) in [5.74, 6) is -0.0292. The Morgan fingerprint density at radius 1 is 1.11 bits per heavy atom. The van der Waals surface area contributed by atoms with Gasteiger partial charge in [-0.3, -0.25) is 0 Å². The Kier molecular flexibility index (Phi) is 3.96. The van der Waals surface area contributed by atoms with Crippen molar-refractivity contribution in [2.75, 3.05) is 20.6 Å². The maximum atomic E-state index is 9.38. The van der Waals surface area contributed by atoms with E-state index in [2.05, 4.69) is 35.2 Å². The summed E-state index contributed by atoms with van der Waals surface area (Å²) in [6.45, 7) is 0.932. The van der Waals surface area contributed by atoms with E-state index in [1.54, 1.807) is 0 Å². The number of rotatable bonds is 4. The maximum absolute atomic E-state index is 9.38. The van der Waals surface area contributed by atoms with E-state index in [0.29, 0.717) is 0 Å². The molecule has 0 saturated carbocycles. The van der Waals surface area contributed by atoms with Crippen molar-refractivity contribution in [3.63, 3.8) is 0 Å². The molecule has 0 amide bonds. The number of hydrogen-bond acceptors (Lipinski definition) is 2. The van der Waals surface area contributed by atoms with Crippen molar-refractivity contribution >= 4 is 10.8 Å². The third-order valence-corrected chi connectivity index (χ3v) is 3.22. The number of fused-ring (bicyclic) bond motifs is 1. The average molecular weight is 238 g/mol. The van der Waals surface area contributed by atoms with Gasteiger partial charge in [0.1, 0.15) is 0 Å². The van der Waals surface area contributed by atoms with Crippen molar-refractivity contribution in [1.29, 1.82) is 5.26 Å². The number of nitrogens with zero attached hydrogens (tertiary/aromatic N) is 2. The highest BCUT2D eigenvalue weighted by atomic mass is 15.0. The van der Waals surface area contributed by atoms with Gasteiger partial charge >= 0.3 is 0 Å². The lowest BCUT2D eigenvalue weighted by molar-refractivity contribution is 0.394. The molecule has 2 heteroatoms. The van der Waals surface area contributed by atoms with Crippen molar-refractivity contribution in [2.45, 2.75) is 12.3 Å². The highest BCUT2D eigenvalue weighted by molar-refractivity contribution is 5.86. The molecule has 0 aliphatic carbocycles. The lowest BCUT2D eigenvalue weighted by Crippen LogP contribution is -2.15. The summed E-state index contributed by atoms with van der Waals surface area (Å²) in [6.07, 6.45) is 0.873. The minimum absolute atomic E-state index is 0.0292. The summed E-state index contributed by atoms with van der Waals surface area (Å²) in [5.41, 5.74) is 1.15. The topological polar surface area (TPSA) is 27.0 Å². The molecule has 2 aromatic rings. The lowest BCUT2D eigenvalue weighted by Gasteiger charge is -2.15. The molecule has 0 heterocycles. The fourth-order valence-corrected chi connectivity index (χ4v) is 2.23. The zero-order valence-electron chi connectivity index (χ0n) is 10.9. The van der Waals surface area contributed by atoms with Crippen molar-refractivity contribution < 1.29 is 0 Å². The van der Waals surface area contributed by atoms with Crippen LogP contribution < -0.4 is 0 Å². The second-order valence-corrected chi connectivity index (χ2v) is 4.84. The molecule has 2 rings (SSSR count). The molecule has 0 aliphatic rings. The van der Waals surface area contributed by atoms with E-state index in [-0.39, 0.29) is 5.92 Å². The van der Waals surface area contributed by atoms with Gasteiger partial charge in [-0.2, -0.15) is 5.26 Å². The normalized spacial score (nSPS) is 12.6. The zero-order valence-corrected chi connectivity index (χ0v) is 10.9. The van der Waals surface area contributed by atoms with E-state index in [0.717, 1.165) is 18.5 Å². The third kappa shape index (κ3) is 2.69. The zero-order chi connectivity index (χ0) is 13.0. The van der Waals surface area contributed by atoms with Gasteiger partial charge in [-0.15, -0.1) is 0 Å². The van der Waals surface area contributed by atoms with Crippen LogP contribution in [0.4, 0.5) is 0 Å². The van der Waals surface area contributed by atoms with Gasteiger partial charge in [-0.05, 0) is 43.4 Å². The standard InChI is InChI=1S/C16H18N2/c1-18(2)11-10-14(12-17)16-9-5-7-13-6-3-4-8-15(13)16/h3-9,14H,10-11H2,1-2H3/t14-/m1/s1. The van der Waals surface area contributed by atoms with Crippen LogP contribution in [-0.4, -0.2) is 25.5 Å². The van der Waals surface area contributed by atoms with Crippen LogP contribution >= 0.6 is 0 Å². The van der Waals surface area contributed by atoms with Crippen LogP contribution in [-0.2, 0) is 0 Å². The van der Waals surface area contributed by atoms with Crippen LogP contribution in [0.15, 0.2) is 42.5 Å². The molecule has 0 saturated heterocycles. The van der Waals surface area contributed by atoms with E-state index < -0.39 is 0 Å². The highest BCUT2D eigenvalue weighted by Gasteiger charge is 2.13. The first-order valence-corrected chi connectivity index (χ1v) is 6.24. The Morgan fingerprint density at radius 2 is 1.83 bits per heavy atom. The molecule has 2 nitrogen and oxygen atoms in total. The summed E-state index contributed by atoms with van der Waals surface area (Å²) >= 11 is 0. The molecule has 0 N–H and O–H groups in total. The third-order valence-electron chi connectivity index (χ3n) is 3.22. The van der Waals surface area contributed by atoms with Gasteiger partial charge in [-0.25, -0.2) is 0 Å². The summed E-state index contributed by atoms with van der Waals surface area (Å²) < 4.78 is 0. The van der Waals surface area contributed by atoms with Gasteiger partial charge in [0.2, 0.25) is 0 Å². The lowest BCUT2D eigenvalue weighted by atomic mass is 9.92. The van der Waals surface area contributed by atoms with Crippen molar-refractivity contribution in [2.24, 2.45) is 0 Å². The SMILES string of the molecule is CN(C)CC[C@H](C#N)c1cccc2ccccc12. The van der Waals surface area contributed by atoms with Crippen LogP contribution in [0.3, 0.4) is 0 Å². The number of benzene rings is 2. The van der Waals surface area contributed by atoms with Gasteiger partial charge in [0, 0.05) is 0 Å². The molecule has 92 valence electrons. The predicted molar refractivity (Wildman–Crippen MR) is 75.5 cm³/mol. The van der Waals surface area contributed by atoms with Gasteiger partial charge in [0.05, 0.1) is 12.0 Å². The van der Waals surface area contributed by atoms with E-state index in [1.165, 1.54) is 10.8 Å². The van der Waals surface area contributed by atoms with E-state index in [1.807, 2.05) is 32.3 Å². The Bertz CT molecular complexity index is 561. The monoisotopic (exact) mass is 238 g/mol. The molecular weight excluding hydrogens is 220 g/mol. The molecule has 18 heavy (non-hydrogen) atoms. The summed E-state index contributed by atoms with van der Waals surface area (Å²) in [6, 6.07) is 16.9. The second kappa shape index (κ2) is 5.66. The molecule has 1 atom stereocenters. The Hall–Kier alpha value is -1.85. The Morgan fingerprint density at radius 3 is 2.56 bits per heavy atom. The molecule has 0 fully saturated rings. The van der Waals surface area contributed by atoms with Crippen molar-refractivity contribution in [3.8, 4) is 6.07 Å². The summed E-state index contributed by atoms with van der Waals surface area (Å²) in [7, 11) is 4.08. The van der Waals surface area contributed by atoms with Crippen molar-refractivity contribution in [3.05, 3.63) is 48.0 Å². The van der Waals surface area contributed by atoms with Crippen LogP contribution in [0.2, 0.25) is 0 Å². The first-order valence-electron chi connectivity index (χ1n) is 6.24. The van der Waals surface area contributed by atoms with E-state index >= 15 is 0 Å². The summed E-state index contributed by atoms with van der Waals surface area (Å²) in [5, 5.41) is 11.8. The van der Waals surface area contributed by atoms with Gasteiger partial charge in [0.15, 0.2) is 0 Å². The number of nitriles is 1. The summed E-state index contributed by atoms with van der Waals surface area (Å²) in [4.78, 5) is 2.12. The predicted octanol–water partition coefficient (Wildman–Crippen LogP) is 3.40. The van der Waals surface area contributed by atoms with Crippen LogP contribution in [0.1, 0.15) is 17.9 Å². The van der Waals surface area contributed by atoms with Crippen molar-refractivity contribution in [1.82, 2.24) is 4.90 Å². The maximum Gasteiger partial charge on any atom is 0.0730 e. The van der Waals surface area contributed by atoms with Crippen LogP contribution in [0, 0.1) is 11.3 Å². The van der Waals surface area contributed by atoms with E-state index in [9.17, 15) is 5.26 Å². The smallest absolute Gasteiger partial charge is 0.0730 e. The van der Waals surface area contributed by atoms with Gasteiger partial charge in [0.25, 0.3) is 0 Å². The Balaban J connectivity index is 2.36. The number of hydrogen-bond donors (Lipinski definition) is 0.